The van der Waals surface area contributed by atoms with Crippen molar-refractivity contribution < 1.29 is 24.2 Å². The zero-order chi connectivity index (χ0) is 20.4. The topological polar surface area (TPSA) is 96.0 Å². The molecule has 0 spiro atoms. The van der Waals surface area contributed by atoms with Crippen LogP contribution in [0.2, 0.25) is 0 Å². The summed E-state index contributed by atoms with van der Waals surface area (Å²) in [6.07, 6.45) is 4.52. The summed E-state index contributed by atoms with van der Waals surface area (Å²) >= 11 is 0. The van der Waals surface area contributed by atoms with Crippen molar-refractivity contribution in [1.82, 2.24) is 4.98 Å². The van der Waals surface area contributed by atoms with Crippen LogP contribution in [0.4, 0.5) is 11.4 Å². The van der Waals surface area contributed by atoms with E-state index in [-0.39, 0.29) is 11.7 Å². The molecule has 3 aromatic rings. The number of aromatic nitrogens is 1. The quantitative estimate of drug-likeness (QED) is 0.588. The number of hydrogen-bond donors (Lipinski definition) is 2. The van der Waals surface area contributed by atoms with Gasteiger partial charge >= 0.3 is 5.97 Å². The summed E-state index contributed by atoms with van der Waals surface area (Å²) < 4.78 is 11.4. The van der Waals surface area contributed by atoms with E-state index in [9.17, 15) is 15.0 Å². The molecule has 1 aliphatic carbocycles. The van der Waals surface area contributed by atoms with Gasteiger partial charge in [0.05, 0.1) is 30.5 Å². The van der Waals surface area contributed by atoms with Crippen LogP contribution in [0, 0.1) is 0 Å². The van der Waals surface area contributed by atoms with E-state index in [1.807, 2.05) is 29.2 Å². The normalized spacial score (nSPS) is 14.4. The third-order valence-electron chi connectivity index (χ3n) is 4.78. The maximum absolute atomic E-state index is 11.4. The molecule has 0 saturated heterocycles. The SMILES string of the molecule is CC(O)c1ccc(N(Cc2cnco2)c2cccc(C(=O)O)c2)cc1OC1CC1. The summed E-state index contributed by atoms with van der Waals surface area (Å²) in [7, 11) is 0. The van der Waals surface area contributed by atoms with E-state index in [0.29, 0.717) is 23.7 Å². The molecule has 2 N–H and O–H groups in total. The molecule has 0 aliphatic heterocycles. The number of aliphatic hydroxyl groups is 1. The number of carboxylic acids is 1. The minimum absolute atomic E-state index is 0.181. The number of benzene rings is 2. The number of oxazole rings is 1. The fourth-order valence-corrected chi connectivity index (χ4v) is 3.12. The maximum Gasteiger partial charge on any atom is 0.335 e. The molecule has 1 heterocycles. The van der Waals surface area contributed by atoms with Crippen molar-refractivity contribution in [1.29, 1.82) is 0 Å². The Balaban J connectivity index is 1.76. The third-order valence-corrected chi connectivity index (χ3v) is 4.78. The minimum atomic E-state index is -0.992. The number of ether oxygens (including phenoxy) is 1. The zero-order valence-electron chi connectivity index (χ0n) is 16.0. The van der Waals surface area contributed by atoms with Gasteiger partial charge in [-0.15, -0.1) is 0 Å². The molecular weight excluding hydrogens is 372 g/mol. The second-order valence-corrected chi connectivity index (χ2v) is 7.12. The molecule has 0 radical (unpaired) electrons. The lowest BCUT2D eigenvalue weighted by Gasteiger charge is -2.26. The average molecular weight is 394 g/mol. The molecule has 2 aromatic carbocycles. The molecule has 150 valence electrons. The number of carbonyl (C=O) groups is 1. The van der Waals surface area contributed by atoms with Crippen LogP contribution < -0.4 is 9.64 Å². The van der Waals surface area contributed by atoms with Gasteiger partial charge in [-0.3, -0.25) is 0 Å². The molecule has 7 nitrogen and oxygen atoms in total. The standard InChI is InChI=1S/C22H22N2O5/c1-14(25)20-8-5-17(10-21(20)29-18-6-7-18)24(12-19-11-23-13-28-19)16-4-2-3-15(9-16)22(26)27/h2-5,8-11,13-14,18,25H,6-7,12H2,1H3,(H,26,27). The number of hydrogen-bond acceptors (Lipinski definition) is 6. The molecule has 1 aromatic heterocycles. The van der Waals surface area contributed by atoms with Gasteiger partial charge < -0.3 is 24.3 Å². The number of aromatic carboxylic acids is 1. The summed E-state index contributed by atoms with van der Waals surface area (Å²) in [6.45, 7) is 2.07. The highest BCUT2D eigenvalue weighted by atomic mass is 16.5. The Morgan fingerprint density at radius 2 is 2.07 bits per heavy atom. The number of nitrogens with zero attached hydrogens (tertiary/aromatic N) is 2. The number of anilines is 2. The predicted octanol–water partition coefficient (Wildman–Crippen LogP) is 4.31. The lowest BCUT2D eigenvalue weighted by molar-refractivity contribution is 0.0697. The molecule has 4 rings (SSSR count). The third kappa shape index (κ3) is 4.41. The van der Waals surface area contributed by atoms with Gasteiger partial charge in [-0.25, -0.2) is 9.78 Å². The van der Waals surface area contributed by atoms with Crippen LogP contribution >= 0.6 is 0 Å². The first-order chi connectivity index (χ1) is 14.0. The average Bonchev–Trinajstić information content (AvgIpc) is 3.37. The van der Waals surface area contributed by atoms with Gasteiger partial charge in [-0.05, 0) is 44.0 Å². The Kier molecular flexibility index (Phi) is 5.22. The van der Waals surface area contributed by atoms with Crippen LogP contribution in [-0.2, 0) is 6.54 Å². The first kappa shape index (κ1) is 19.0. The lowest BCUT2D eigenvalue weighted by Crippen LogP contribution is -2.17. The molecule has 1 atom stereocenters. The summed E-state index contributed by atoms with van der Waals surface area (Å²) in [6, 6.07) is 12.3. The molecule has 1 fully saturated rings. The molecule has 29 heavy (non-hydrogen) atoms. The first-order valence-corrected chi connectivity index (χ1v) is 9.48. The minimum Gasteiger partial charge on any atom is -0.490 e. The smallest absolute Gasteiger partial charge is 0.335 e. The van der Waals surface area contributed by atoms with Crippen molar-refractivity contribution in [3.8, 4) is 5.75 Å². The Morgan fingerprint density at radius 3 is 2.72 bits per heavy atom. The highest BCUT2D eigenvalue weighted by Crippen LogP contribution is 2.37. The van der Waals surface area contributed by atoms with Crippen LogP contribution in [0.25, 0.3) is 0 Å². The van der Waals surface area contributed by atoms with Gasteiger partial charge in [0.1, 0.15) is 11.5 Å². The fraction of sp³-hybridized carbons (Fsp3) is 0.273. The van der Waals surface area contributed by atoms with Gasteiger partial charge in [0.15, 0.2) is 6.39 Å². The van der Waals surface area contributed by atoms with Crippen LogP contribution in [0.15, 0.2) is 59.5 Å². The summed E-state index contributed by atoms with van der Waals surface area (Å²) in [5.41, 5.74) is 2.41. The van der Waals surface area contributed by atoms with E-state index in [1.165, 1.54) is 6.39 Å². The highest BCUT2D eigenvalue weighted by molar-refractivity contribution is 5.89. The molecule has 1 saturated carbocycles. The summed E-state index contributed by atoms with van der Waals surface area (Å²) in [5, 5.41) is 19.5. The van der Waals surface area contributed by atoms with Gasteiger partial charge in [-0.1, -0.05) is 12.1 Å². The summed E-state index contributed by atoms with van der Waals surface area (Å²) in [4.78, 5) is 17.3. The van der Waals surface area contributed by atoms with Crippen molar-refractivity contribution in [2.45, 2.75) is 38.5 Å². The van der Waals surface area contributed by atoms with Crippen molar-refractivity contribution >= 4 is 17.3 Å². The van der Waals surface area contributed by atoms with Gasteiger partial charge in [0.2, 0.25) is 0 Å². The molecule has 7 heteroatoms. The van der Waals surface area contributed by atoms with E-state index < -0.39 is 12.1 Å². The van der Waals surface area contributed by atoms with Crippen LogP contribution in [0.3, 0.4) is 0 Å². The molecular formula is C22H22N2O5. The Hall–Kier alpha value is -3.32. The van der Waals surface area contributed by atoms with Gasteiger partial charge in [-0.2, -0.15) is 0 Å². The van der Waals surface area contributed by atoms with Crippen molar-refractivity contribution in [3.63, 3.8) is 0 Å². The van der Waals surface area contributed by atoms with E-state index in [2.05, 4.69) is 4.98 Å². The number of aliphatic hydroxyl groups excluding tert-OH is 1. The number of rotatable bonds is 8. The van der Waals surface area contributed by atoms with Crippen molar-refractivity contribution in [2.24, 2.45) is 0 Å². The highest BCUT2D eigenvalue weighted by Gasteiger charge is 2.26. The Bertz CT molecular complexity index is 996. The van der Waals surface area contributed by atoms with E-state index >= 15 is 0 Å². The zero-order valence-corrected chi connectivity index (χ0v) is 16.0. The van der Waals surface area contributed by atoms with Gasteiger partial charge in [0, 0.05) is 23.0 Å². The van der Waals surface area contributed by atoms with Crippen LogP contribution in [0.5, 0.6) is 5.75 Å². The first-order valence-electron chi connectivity index (χ1n) is 9.48. The predicted molar refractivity (Wildman–Crippen MR) is 106 cm³/mol. The van der Waals surface area contributed by atoms with Crippen LogP contribution in [-0.4, -0.2) is 27.3 Å². The van der Waals surface area contributed by atoms with E-state index in [1.54, 1.807) is 31.3 Å². The lowest BCUT2D eigenvalue weighted by atomic mass is 10.1. The Morgan fingerprint density at radius 1 is 1.28 bits per heavy atom. The van der Waals surface area contributed by atoms with E-state index in [4.69, 9.17) is 9.15 Å². The monoisotopic (exact) mass is 394 g/mol. The van der Waals surface area contributed by atoms with Crippen molar-refractivity contribution in [3.05, 3.63) is 71.9 Å². The maximum atomic E-state index is 11.4. The van der Waals surface area contributed by atoms with Gasteiger partial charge in [0.25, 0.3) is 0 Å². The summed E-state index contributed by atoms with van der Waals surface area (Å²) in [5.74, 6) is 0.278. The van der Waals surface area contributed by atoms with E-state index in [0.717, 1.165) is 24.1 Å². The molecule has 1 aliphatic rings. The largest absolute Gasteiger partial charge is 0.490 e. The second-order valence-electron chi connectivity index (χ2n) is 7.12. The molecule has 1 unspecified atom stereocenters. The Labute approximate surface area is 168 Å². The van der Waals surface area contributed by atoms with Crippen LogP contribution in [0.1, 0.15) is 47.6 Å². The molecule has 0 bridgehead atoms. The molecule has 0 amide bonds. The number of carboxylic acid groups (broad SMARTS) is 1. The van der Waals surface area contributed by atoms with Crippen molar-refractivity contribution in [2.75, 3.05) is 4.90 Å². The second kappa shape index (κ2) is 7.97. The fourth-order valence-electron chi connectivity index (χ4n) is 3.12.